The van der Waals surface area contributed by atoms with Crippen LogP contribution in [0, 0.1) is 25.2 Å². The zero-order chi connectivity index (χ0) is 18.8. The molecular weight excluding hydrogens is 355 g/mol. The van der Waals surface area contributed by atoms with Crippen molar-refractivity contribution in [3.05, 3.63) is 34.6 Å². The number of amides is 1. The SMILES string of the molecule is Cc1cc(C(F)(F)F)c(C#N)c(SCC(=O)Nc2cc(C)nn2C)n1. The number of nitrogens with one attached hydrogen (secondary N) is 1. The number of aryl methyl sites for hydroxylation is 3. The van der Waals surface area contributed by atoms with Crippen molar-refractivity contribution in [1.82, 2.24) is 14.8 Å². The van der Waals surface area contributed by atoms with Crippen molar-refractivity contribution in [3.8, 4) is 6.07 Å². The summed E-state index contributed by atoms with van der Waals surface area (Å²) >= 11 is 0.781. The molecule has 0 aliphatic heterocycles. The summed E-state index contributed by atoms with van der Waals surface area (Å²) in [7, 11) is 1.65. The van der Waals surface area contributed by atoms with Crippen LogP contribution in [0.15, 0.2) is 17.2 Å². The summed E-state index contributed by atoms with van der Waals surface area (Å²) in [6.45, 7) is 3.16. The molecule has 25 heavy (non-hydrogen) atoms. The Morgan fingerprint density at radius 2 is 2.04 bits per heavy atom. The van der Waals surface area contributed by atoms with Gasteiger partial charge in [0.2, 0.25) is 5.91 Å². The van der Waals surface area contributed by atoms with Gasteiger partial charge in [0.1, 0.15) is 16.9 Å². The van der Waals surface area contributed by atoms with Gasteiger partial charge in [0.05, 0.1) is 22.6 Å². The van der Waals surface area contributed by atoms with Gasteiger partial charge in [-0.3, -0.25) is 9.48 Å². The van der Waals surface area contributed by atoms with Crippen molar-refractivity contribution in [2.75, 3.05) is 11.1 Å². The van der Waals surface area contributed by atoms with E-state index in [1.807, 2.05) is 0 Å². The van der Waals surface area contributed by atoms with Gasteiger partial charge in [0, 0.05) is 18.8 Å². The van der Waals surface area contributed by atoms with Crippen LogP contribution >= 0.6 is 11.8 Å². The Labute approximate surface area is 146 Å². The molecule has 2 aromatic rings. The van der Waals surface area contributed by atoms with Crippen LogP contribution in [0.4, 0.5) is 19.0 Å². The average molecular weight is 369 g/mol. The highest BCUT2D eigenvalue weighted by atomic mass is 32.2. The lowest BCUT2D eigenvalue weighted by Gasteiger charge is -2.12. The van der Waals surface area contributed by atoms with Gasteiger partial charge in [-0.1, -0.05) is 11.8 Å². The largest absolute Gasteiger partial charge is 0.417 e. The Balaban J connectivity index is 2.18. The van der Waals surface area contributed by atoms with Gasteiger partial charge in [-0.2, -0.15) is 23.5 Å². The second-order valence-corrected chi connectivity index (χ2v) is 6.20. The first kappa shape index (κ1) is 18.8. The molecule has 132 valence electrons. The lowest BCUT2D eigenvalue weighted by atomic mass is 10.1. The molecule has 0 atom stereocenters. The first-order valence-electron chi connectivity index (χ1n) is 7.04. The normalized spacial score (nSPS) is 11.2. The third-order valence-electron chi connectivity index (χ3n) is 3.14. The maximum absolute atomic E-state index is 13.1. The molecule has 0 aromatic carbocycles. The highest BCUT2D eigenvalue weighted by Crippen LogP contribution is 2.35. The number of nitriles is 1. The lowest BCUT2D eigenvalue weighted by Crippen LogP contribution is -2.17. The number of carbonyl (C=O) groups excluding carboxylic acids is 1. The first-order chi connectivity index (χ1) is 11.6. The highest BCUT2D eigenvalue weighted by molar-refractivity contribution is 8.00. The van der Waals surface area contributed by atoms with E-state index in [1.54, 1.807) is 20.0 Å². The Morgan fingerprint density at radius 1 is 1.36 bits per heavy atom. The summed E-state index contributed by atoms with van der Waals surface area (Å²) in [5.41, 5.74) is -0.788. The van der Waals surface area contributed by atoms with E-state index < -0.39 is 23.2 Å². The van der Waals surface area contributed by atoms with Crippen molar-refractivity contribution >= 4 is 23.5 Å². The molecule has 0 saturated heterocycles. The van der Waals surface area contributed by atoms with Crippen molar-refractivity contribution in [2.24, 2.45) is 7.05 Å². The van der Waals surface area contributed by atoms with Crippen LogP contribution in [0.5, 0.6) is 0 Å². The van der Waals surface area contributed by atoms with Crippen LogP contribution in [0.2, 0.25) is 0 Å². The van der Waals surface area contributed by atoms with Crippen molar-refractivity contribution in [2.45, 2.75) is 25.0 Å². The number of nitrogens with zero attached hydrogens (tertiary/aromatic N) is 4. The van der Waals surface area contributed by atoms with Crippen LogP contribution in [-0.4, -0.2) is 26.4 Å². The Bertz CT molecular complexity index is 854. The van der Waals surface area contributed by atoms with Crippen LogP contribution in [0.25, 0.3) is 0 Å². The maximum Gasteiger partial charge on any atom is 0.417 e. The summed E-state index contributed by atoms with van der Waals surface area (Å²) in [6.07, 6.45) is -4.66. The summed E-state index contributed by atoms with van der Waals surface area (Å²) in [6, 6.07) is 4.02. The number of rotatable bonds is 4. The third-order valence-corrected chi connectivity index (χ3v) is 4.12. The van der Waals surface area contributed by atoms with E-state index >= 15 is 0 Å². The second-order valence-electron chi connectivity index (χ2n) is 5.23. The van der Waals surface area contributed by atoms with Crippen molar-refractivity contribution in [3.63, 3.8) is 0 Å². The summed E-state index contributed by atoms with van der Waals surface area (Å²) < 4.78 is 40.6. The number of aromatic nitrogens is 3. The molecule has 0 spiro atoms. The number of carbonyl (C=O) groups is 1. The molecule has 0 unspecified atom stereocenters. The third kappa shape index (κ3) is 4.51. The topological polar surface area (TPSA) is 83.6 Å². The molecule has 10 heteroatoms. The summed E-state index contributed by atoms with van der Waals surface area (Å²) in [4.78, 5) is 16.0. The standard InChI is InChI=1S/C15H14F3N5OS/c1-8-4-11(15(16,17)18)10(6-19)14(20-8)25-7-13(24)21-12-5-9(2)22-23(12)3/h4-5H,7H2,1-3H3,(H,21,24). The lowest BCUT2D eigenvalue weighted by molar-refractivity contribution is -0.138. The zero-order valence-electron chi connectivity index (χ0n) is 13.6. The number of alkyl halides is 3. The molecule has 0 aliphatic carbocycles. The van der Waals surface area contributed by atoms with Gasteiger partial charge < -0.3 is 5.32 Å². The molecule has 0 saturated carbocycles. The Morgan fingerprint density at radius 3 is 2.56 bits per heavy atom. The molecule has 2 rings (SSSR count). The summed E-state index contributed by atoms with van der Waals surface area (Å²) in [5, 5.41) is 15.6. The fourth-order valence-electron chi connectivity index (χ4n) is 2.12. The zero-order valence-corrected chi connectivity index (χ0v) is 14.4. The smallest absolute Gasteiger partial charge is 0.310 e. The molecule has 0 bridgehead atoms. The van der Waals surface area contributed by atoms with E-state index in [1.165, 1.54) is 17.7 Å². The molecule has 1 N–H and O–H groups in total. The Kier molecular flexibility index (Phi) is 5.37. The maximum atomic E-state index is 13.1. The van der Waals surface area contributed by atoms with Gasteiger partial charge in [-0.15, -0.1) is 0 Å². The molecule has 2 heterocycles. The minimum Gasteiger partial charge on any atom is -0.310 e. The predicted molar refractivity (Wildman–Crippen MR) is 86.0 cm³/mol. The number of pyridine rings is 1. The van der Waals surface area contributed by atoms with Gasteiger partial charge in [-0.05, 0) is 19.9 Å². The number of thioether (sulfide) groups is 1. The molecule has 0 fully saturated rings. The van der Waals surface area contributed by atoms with E-state index in [4.69, 9.17) is 5.26 Å². The van der Waals surface area contributed by atoms with E-state index in [9.17, 15) is 18.0 Å². The predicted octanol–water partition coefficient (Wildman–Crippen LogP) is 3.05. The van der Waals surface area contributed by atoms with Gasteiger partial charge in [0.25, 0.3) is 0 Å². The molecule has 2 aromatic heterocycles. The van der Waals surface area contributed by atoms with Crippen LogP contribution in [0.1, 0.15) is 22.5 Å². The minimum atomic E-state index is -4.66. The van der Waals surface area contributed by atoms with E-state index in [0.29, 0.717) is 11.5 Å². The van der Waals surface area contributed by atoms with Crippen LogP contribution in [-0.2, 0) is 18.0 Å². The van der Waals surface area contributed by atoms with Gasteiger partial charge in [-0.25, -0.2) is 4.98 Å². The fourth-order valence-corrected chi connectivity index (χ4v) is 2.97. The minimum absolute atomic E-state index is 0.119. The quantitative estimate of drug-likeness (QED) is 0.838. The van der Waals surface area contributed by atoms with Crippen molar-refractivity contribution in [1.29, 1.82) is 5.26 Å². The van der Waals surface area contributed by atoms with E-state index in [-0.39, 0.29) is 16.5 Å². The van der Waals surface area contributed by atoms with Crippen LogP contribution in [0.3, 0.4) is 0 Å². The number of anilines is 1. The van der Waals surface area contributed by atoms with E-state index in [2.05, 4.69) is 15.4 Å². The monoisotopic (exact) mass is 369 g/mol. The number of hydrogen-bond donors (Lipinski definition) is 1. The van der Waals surface area contributed by atoms with Gasteiger partial charge >= 0.3 is 6.18 Å². The first-order valence-corrected chi connectivity index (χ1v) is 8.02. The Hall–Kier alpha value is -2.54. The molecule has 0 radical (unpaired) electrons. The van der Waals surface area contributed by atoms with Crippen LogP contribution < -0.4 is 5.32 Å². The highest BCUT2D eigenvalue weighted by Gasteiger charge is 2.35. The summed E-state index contributed by atoms with van der Waals surface area (Å²) in [5.74, 6) is -0.155. The molecule has 1 amide bonds. The molecule has 0 aliphatic rings. The van der Waals surface area contributed by atoms with Crippen molar-refractivity contribution < 1.29 is 18.0 Å². The van der Waals surface area contributed by atoms with Gasteiger partial charge in [0.15, 0.2) is 0 Å². The molecule has 6 nitrogen and oxygen atoms in total. The number of hydrogen-bond acceptors (Lipinski definition) is 5. The second kappa shape index (κ2) is 7.14. The van der Waals surface area contributed by atoms with E-state index in [0.717, 1.165) is 17.8 Å². The number of halogens is 3. The average Bonchev–Trinajstić information content (AvgIpc) is 2.81. The molecular formula is C15H14F3N5OS. The fraction of sp³-hybridized carbons (Fsp3) is 0.333.